The number of anilines is 1. The van der Waals surface area contributed by atoms with E-state index in [1.807, 2.05) is 6.07 Å². The molecule has 3 rings (SSSR count). The highest BCUT2D eigenvalue weighted by atomic mass is 16.6. The standard InChI is InChI=1S/C15H13N5O5/c1-2-11(21)24-5-9-12(22)13(23)15(6-16,25-9)10-4-3-8-14(17)18-7-19-20(8)10/h1,3-4,7,9,12-13,22-23H,5H2,(H2,17,18,19)/t9-,12-,13-,15+/m1/s1. The van der Waals surface area contributed by atoms with Crippen LogP contribution in [0.4, 0.5) is 5.82 Å². The minimum atomic E-state index is -1.94. The number of esters is 1. The molecule has 128 valence electrons. The smallest absolute Gasteiger partial charge is 0.384 e. The fourth-order valence-electron chi connectivity index (χ4n) is 2.75. The van der Waals surface area contributed by atoms with E-state index in [-0.39, 0.29) is 11.5 Å². The summed E-state index contributed by atoms with van der Waals surface area (Å²) in [7, 11) is 0. The molecule has 0 saturated carbocycles. The predicted octanol–water partition coefficient (Wildman–Crippen LogP) is -1.67. The number of carbonyl (C=O) groups excluding carboxylic acids is 1. The molecule has 2 aromatic rings. The molecule has 0 unspecified atom stereocenters. The zero-order valence-electron chi connectivity index (χ0n) is 12.7. The van der Waals surface area contributed by atoms with Crippen molar-refractivity contribution < 1.29 is 24.5 Å². The number of nitriles is 1. The van der Waals surface area contributed by atoms with Crippen LogP contribution in [0.1, 0.15) is 5.69 Å². The second kappa shape index (κ2) is 6.03. The summed E-state index contributed by atoms with van der Waals surface area (Å²) in [6, 6.07) is 4.90. The topological polar surface area (TPSA) is 156 Å². The Kier molecular flexibility index (Phi) is 4.02. The lowest BCUT2D eigenvalue weighted by atomic mass is 9.92. The van der Waals surface area contributed by atoms with Crippen LogP contribution in [0.2, 0.25) is 0 Å². The highest BCUT2D eigenvalue weighted by molar-refractivity contribution is 5.87. The fourth-order valence-corrected chi connectivity index (χ4v) is 2.75. The van der Waals surface area contributed by atoms with Crippen LogP contribution in [0.3, 0.4) is 0 Å². The number of hydrogen-bond donors (Lipinski definition) is 3. The minimum Gasteiger partial charge on any atom is -0.453 e. The number of aliphatic hydroxyl groups excluding tert-OH is 2. The average molecular weight is 343 g/mol. The SMILES string of the molecule is C#CC(=O)OC[C@H]1O[C@@](C#N)(c2ccc3c(N)ncnn23)[C@H](O)[C@@H]1O. The van der Waals surface area contributed by atoms with Gasteiger partial charge in [-0.05, 0) is 12.1 Å². The van der Waals surface area contributed by atoms with Crippen LogP contribution in [0.15, 0.2) is 18.5 Å². The van der Waals surface area contributed by atoms with Gasteiger partial charge in [0.05, 0.1) is 5.69 Å². The quantitative estimate of drug-likeness (QED) is 0.337. The van der Waals surface area contributed by atoms with Gasteiger partial charge in [-0.25, -0.2) is 14.3 Å². The van der Waals surface area contributed by atoms with Crippen molar-refractivity contribution in [1.82, 2.24) is 14.6 Å². The Hall–Kier alpha value is -3.18. The maximum Gasteiger partial charge on any atom is 0.384 e. The molecule has 25 heavy (non-hydrogen) atoms. The number of carbonyl (C=O) groups is 1. The molecule has 4 atom stereocenters. The van der Waals surface area contributed by atoms with E-state index in [1.165, 1.54) is 16.9 Å². The summed E-state index contributed by atoms with van der Waals surface area (Å²) in [6.07, 6.45) is 1.80. The number of fused-ring (bicyclic) bond motifs is 1. The Morgan fingerprint density at radius 3 is 3.00 bits per heavy atom. The normalized spacial score (nSPS) is 28.4. The number of terminal acetylenes is 1. The highest BCUT2D eigenvalue weighted by Crippen LogP contribution is 2.40. The van der Waals surface area contributed by atoms with E-state index in [0.29, 0.717) is 5.52 Å². The van der Waals surface area contributed by atoms with E-state index in [9.17, 15) is 20.3 Å². The van der Waals surface area contributed by atoms with Gasteiger partial charge < -0.3 is 25.4 Å². The molecular formula is C15H13N5O5. The van der Waals surface area contributed by atoms with Crippen molar-refractivity contribution in [3.8, 4) is 18.4 Å². The van der Waals surface area contributed by atoms with Crippen LogP contribution in [0, 0.1) is 23.7 Å². The van der Waals surface area contributed by atoms with E-state index in [2.05, 4.69) is 10.1 Å². The number of aliphatic hydroxyl groups is 2. The number of ether oxygens (including phenoxy) is 2. The Bertz CT molecular complexity index is 913. The van der Waals surface area contributed by atoms with Crippen LogP contribution >= 0.6 is 0 Å². The van der Waals surface area contributed by atoms with Crippen molar-refractivity contribution in [3.63, 3.8) is 0 Å². The van der Waals surface area contributed by atoms with Crippen molar-refractivity contribution >= 4 is 17.3 Å². The van der Waals surface area contributed by atoms with Crippen LogP contribution in [0.25, 0.3) is 5.52 Å². The van der Waals surface area contributed by atoms with Gasteiger partial charge in [-0.15, -0.1) is 6.42 Å². The first-order valence-corrected chi connectivity index (χ1v) is 7.12. The van der Waals surface area contributed by atoms with Gasteiger partial charge in [0, 0.05) is 5.92 Å². The summed E-state index contributed by atoms with van der Waals surface area (Å²) in [4.78, 5) is 14.9. The van der Waals surface area contributed by atoms with E-state index in [0.717, 1.165) is 0 Å². The zero-order valence-corrected chi connectivity index (χ0v) is 12.7. The van der Waals surface area contributed by atoms with Gasteiger partial charge in [-0.1, -0.05) is 0 Å². The molecule has 0 spiro atoms. The van der Waals surface area contributed by atoms with Gasteiger partial charge in [-0.3, -0.25) is 0 Å². The molecule has 0 aromatic carbocycles. The van der Waals surface area contributed by atoms with E-state index < -0.39 is 36.5 Å². The summed E-state index contributed by atoms with van der Waals surface area (Å²) < 4.78 is 11.6. The number of nitrogen functional groups attached to an aromatic ring is 1. The minimum absolute atomic E-state index is 0.149. The third kappa shape index (κ3) is 2.45. The molecule has 4 N–H and O–H groups in total. The van der Waals surface area contributed by atoms with Crippen LogP contribution < -0.4 is 5.73 Å². The zero-order chi connectivity index (χ0) is 18.2. The molecule has 10 nitrogen and oxygen atoms in total. The molecule has 0 amide bonds. The molecule has 1 aliphatic rings. The molecule has 0 bridgehead atoms. The average Bonchev–Trinajstić information content (AvgIpc) is 3.16. The lowest BCUT2D eigenvalue weighted by Crippen LogP contribution is -2.41. The van der Waals surface area contributed by atoms with Crippen molar-refractivity contribution in [2.24, 2.45) is 0 Å². The van der Waals surface area contributed by atoms with Crippen molar-refractivity contribution in [2.45, 2.75) is 23.9 Å². The van der Waals surface area contributed by atoms with Crippen LogP contribution in [-0.2, 0) is 19.9 Å². The summed E-state index contributed by atoms with van der Waals surface area (Å²) >= 11 is 0. The summed E-state index contributed by atoms with van der Waals surface area (Å²) in [6.45, 7) is -0.425. The second-order valence-electron chi connectivity index (χ2n) is 5.34. The molecule has 1 aliphatic heterocycles. The van der Waals surface area contributed by atoms with Gasteiger partial charge in [0.2, 0.25) is 5.60 Å². The second-order valence-corrected chi connectivity index (χ2v) is 5.34. The molecule has 10 heteroatoms. The number of nitrogens with zero attached hydrogens (tertiary/aromatic N) is 4. The van der Waals surface area contributed by atoms with Crippen molar-refractivity contribution in [2.75, 3.05) is 12.3 Å². The van der Waals surface area contributed by atoms with Crippen LogP contribution in [-0.4, -0.2) is 55.7 Å². The van der Waals surface area contributed by atoms with Gasteiger partial charge in [0.1, 0.15) is 42.8 Å². The lowest BCUT2D eigenvalue weighted by molar-refractivity contribution is -0.143. The van der Waals surface area contributed by atoms with Gasteiger partial charge in [-0.2, -0.15) is 10.4 Å². The molecule has 2 aromatic heterocycles. The first kappa shape index (κ1) is 16.7. The lowest BCUT2D eigenvalue weighted by Gasteiger charge is -2.24. The van der Waals surface area contributed by atoms with E-state index >= 15 is 0 Å². The maximum atomic E-state index is 11.1. The summed E-state index contributed by atoms with van der Waals surface area (Å²) in [5, 5.41) is 34.3. The van der Waals surface area contributed by atoms with Gasteiger partial charge in [0.15, 0.2) is 5.82 Å². The molecule has 3 heterocycles. The Morgan fingerprint density at radius 2 is 2.32 bits per heavy atom. The first-order valence-electron chi connectivity index (χ1n) is 7.12. The Morgan fingerprint density at radius 1 is 1.56 bits per heavy atom. The monoisotopic (exact) mass is 343 g/mol. The van der Waals surface area contributed by atoms with Crippen molar-refractivity contribution in [3.05, 3.63) is 24.2 Å². The molecule has 0 aliphatic carbocycles. The number of rotatable bonds is 3. The highest BCUT2D eigenvalue weighted by Gasteiger charge is 2.57. The van der Waals surface area contributed by atoms with Gasteiger partial charge >= 0.3 is 5.97 Å². The van der Waals surface area contributed by atoms with Gasteiger partial charge in [0.25, 0.3) is 0 Å². The summed E-state index contributed by atoms with van der Waals surface area (Å²) in [5.41, 5.74) is 4.36. The number of nitrogens with two attached hydrogens (primary N) is 1. The third-order valence-corrected chi connectivity index (χ3v) is 3.98. The first-order chi connectivity index (χ1) is 11.9. The largest absolute Gasteiger partial charge is 0.453 e. The molecule has 1 saturated heterocycles. The summed E-state index contributed by atoms with van der Waals surface area (Å²) in [5.74, 6) is 0.965. The maximum absolute atomic E-state index is 11.1. The Balaban J connectivity index is 2.00. The fraction of sp³-hybridized carbons (Fsp3) is 0.333. The number of aromatic nitrogens is 3. The van der Waals surface area contributed by atoms with Crippen molar-refractivity contribution in [1.29, 1.82) is 5.26 Å². The number of hydrogen-bond acceptors (Lipinski definition) is 9. The van der Waals surface area contributed by atoms with E-state index in [4.69, 9.17) is 21.6 Å². The predicted molar refractivity (Wildman–Crippen MR) is 81.4 cm³/mol. The molecule has 0 radical (unpaired) electrons. The molecular weight excluding hydrogens is 330 g/mol. The third-order valence-electron chi connectivity index (χ3n) is 3.98. The Labute approximate surface area is 141 Å². The van der Waals surface area contributed by atoms with E-state index in [1.54, 1.807) is 12.0 Å². The van der Waals surface area contributed by atoms with Crippen LogP contribution in [0.5, 0.6) is 0 Å². The molecule has 1 fully saturated rings.